The smallest absolute Gasteiger partial charge is 0.341 e. The number of amides is 1. The summed E-state index contributed by atoms with van der Waals surface area (Å²) in [4.78, 5) is 26.9. The van der Waals surface area contributed by atoms with Gasteiger partial charge >= 0.3 is 5.97 Å². The highest BCUT2D eigenvalue weighted by atomic mass is 35.5. The Morgan fingerprint density at radius 2 is 1.89 bits per heavy atom. The van der Waals surface area contributed by atoms with E-state index in [1.165, 1.54) is 19.1 Å². The molecule has 1 amide bonds. The van der Waals surface area contributed by atoms with E-state index >= 15 is 0 Å². The minimum atomic E-state index is -4.61. The van der Waals surface area contributed by atoms with Crippen molar-refractivity contribution in [3.8, 4) is 0 Å². The topological polar surface area (TPSA) is 198 Å². The van der Waals surface area contributed by atoms with Crippen molar-refractivity contribution < 1.29 is 28.0 Å². The molecule has 1 aliphatic rings. The van der Waals surface area contributed by atoms with Crippen LogP contribution in [0.2, 0.25) is 5.02 Å². The number of carbonyl (C=O) groups excluding carboxylic acids is 1. The number of halogens is 1. The van der Waals surface area contributed by atoms with Crippen LogP contribution in [0, 0.1) is 19.3 Å². The molecular formula is C23H28ClN5O6S. The van der Waals surface area contributed by atoms with Gasteiger partial charge in [-0.25, -0.2) is 13.2 Å². The first-order chi connectivity index (χ1) is 16.8. The maximum Gasteiger partial charge on any atom is 0.341 e. The Morgan fingerprint density at radius 1 is 1.25 bits per heavy atom. The van der Waals surface area contributed by atoms with Gasteiger partial charge in [0.25, 0.3) is 0 Å². The number of nitrogens with one attached hydrogen (secondary N) is 3. The van der Waals surface area contributed by atoms with Crippen LogP contribution in [0.5, 0.6) is 0 Å². The van der Waals surface area contributed by atoms with Gasteiger partial charge in [0.15, 0.2) is 0 Å². The van der Waals surface area contributed by atoms with Crippen LogP contribution in [0.4, 0.5) is 0 Å². The van der Waals surface area contributed by atoms with Crippen molar-refractivity contribution in [3.05, 3.63) is 63.7 Å². The highest BCUT2D eigenvalue weighted by Crippen LogP contribution is 2.30. The number of aliphatic carboxylic acids is 1. The lowest BCUT2D eigenvalue weighted by molar-refractivity contribution is -0.140. The molecule has 8 N–H and O–H groups in total. The second-order valence-electron chi connectivity index (χ2n) is 8.73. The number of sulfone groups is 1. The molecule has 0 saturated carbocycles. The number of nitrogens with two attached hydrogens (primary N) is 2. The van der Waals surface area contributed by atoms with Crippen LogP contribution in [0.1, 0.15) is 41.1 Å². The highest BCUT2D eigenvalue weighted by Gasteiger charge is 2.49. The van der Waals surface area contributed by atoms with Crippen LogP contribution in [0.3, 0.4) is 0 Å². The number of nitrogen functional groups attached to an aromatic ring is 1. The predicted octanol–water partition coefficient (Wildman–Crippen LogP) is 1.30. The Balaban J connectivity index is 1.66. The zero-order valence-corrected chi connectivity index (χ0v) is 21.2. The zero-order valence-electron chi connectivity index (χ0n) is 19.7. The molecule has 13 heteroatoms. The molecule has 1 aliphatic heterocycles. The third-order valence-corrected chi connectivity index (χ3v) is 8.75. The number of amidine groups is 1. The van der Waals surface area contributed by atoms with E-state index in [4.69, 9.17) is 33.3 Å². The molecule has 11 nitrogen and oxygen atoms in total. The van der Waals surface area contributed by atoms with Gasteiger partial charge in [-0.2, -0.15) is 5.48 Å². The van der Waals surface area contributed by atoms with Gasteiger partial charge in [-0.05, 0) is 49.1 Å². The van der Waals surface area contributed by atoms with E-state index in [0.717, 1.165) is 5.56 Å². The zero-order chi connectivity index (χ0) is 26.8. The Hall–Kier alpha value is -3.03. The van der Waals surface area contributed by atoms with Gasteiger partial charge in [0.2, 0.25) is 20.6 Å². The third-order valence-electron chi connectivity index (χ3n) is 6.05. The normalized spacial score (nSPS) is 19.4. The summed E-state index contributed by atoms with van der Waals surface area (Å²) in [6.07, 6.45) is -0.262. The summed E-state index contributed by atoms with van der Waals surface area (Å²) in [7, 11) is -4.61. The van der Waals surface area contributed by atoms with Gasteiger partial charge in [-0.15, -0.1) is 0 Å². The van der Waals surface area contributed by atoms with E-state index in [-0.39, 0.29) is 28.8 Å². The van der Waals surface area contributed by atoms with E-state index < -0.39 is 39.2 Å². The van der Waals surface area contributed by atoms with Gasteiger partial charge in [0.1, 0.15) is 5.84 Å². The molecule has 2 aromatic carbocycles. The fourth-order valence-electron chi connectivity index (χ4n) is 3.80. The number of carbonyl (C=O) groups is 2. The molecule has 0 aromatic heterocycles. The summed E-state index contributed by atoms with van der Waals surface area (Å²) in [5.41, 5.74) is 16.3. The molecule has 0 spiro atoms. The molecule has 2 aromatic rings. The van der Waals surface area contributed by atoms with Gasteiger partial charge in [-0.1, -0.05) is 35.9 Å². The lowest BCUT2D eigenvalue weighted by Gasteiger charge is -2.26. The average Bonchev–Trinajstić information content (AvgIpc) is 3.27. The summed E-state index contributed by atoms with van der Waals surface area (Å²) < 4.78 is 26.5. The summed E-state index contributed by atoms with van der Waals surface area (Å²) >= 11 is 6.04. The molecule has 36 heavy (non-hydrogen) atoms. The number of benzene rings is 2. The molecule has 3 rings (SSSR count). The van der Waals surface area contributed by atoms with E-state index in [1.54, 1.807) is 31.2 Å². The first-order valence-electron chi connectivity index (χ1n) is 10.9. The molecule has 1 fully saturated rings. The molecule has 3 atom stereocenters. The number of hydroxylamine groups is 1. The summed E-state index contributed by atoms with van der Waals surface area (Å²) in [5, 5.41) is 19.8. The first kappa shape index (κ1) is 27.6. The third kappa shape index (κ3) is 5.52. The number of hydrogen-bond donors (Lipinski definition) is 6. The van der Waals surface area contributed by atoms with E-state index in [2.05, 4.69) is 10.8 Å². The largest absolute Gasteiger partial charge is 0.479 e. The highest BCUT2D eigenvalue weighted by molar-refractivity contribution is 7.93. The number of carboxylic acids is 1. The Kier molecular flexibility index (Phi) is 8.06. The minimum Gasteiger partial charge on any atom is -0.479 e. The van der Waals surface area contributed by atoms with Crippen LogP contribution in [-0.4, -0.2) is 48.8 Å². The second kappa shape index (κ2) is 10.5. The van der Waals surface area contributed by atoms with Crippen molar-refractivity contribution in [2.24, 2.45) is 11.5 Å². The van der Waals surface area contributed by atoms with Crippen molar-refractivity contribution in [3.63, 3.8) is 0 Å². The minimum absolute atomic E-state index is 0.0487. The fraction of sp³-hybridized carbons (Fsp3) is 0.348. The SMILES string of the molecule is Cc1cc(S(=O)(=O)[C@@](N)(CNC(=O)C[C@H]2C[C@@H](c3ccc(C(=N)N)cc3)NO2)C(=O)O)c(C)cc1Cl. The van der Waals surface area contributed by atoms with Gasteiger partial charge in [0, 0.05) is 10.6 Å². The van der Waals surface area contributed by atoms with Crippen LogP contribution in [0.15, 0.2) is 41.3 Å². The van der Waals surface area contributed by atoms with Gasteiger partial charge in [0.05, 0.1) is 30.0 Å². The standard InChI is InChI=1S/C23H28ClN5O6S/c1-12-8-19(13(2)7-17(12)24)36(33,34)23(27,22(31)32)11-28-20(30)10-16-9-18(29-35-16)14-3-5-15(6-4-14)21(25)26/h3-8,16,18,29H,9-11,27H2,1-2H3,(H3,25,26)(H,28,30)(H,31,32)/t16-,18+,23+/m1/s1. The van der Waals surface area contributed by atoms with Crippen molar-refractivity contribution in [1.82, 2.24) is 10.8 Å². The molecule has 1 saturated heterocycles. The van der Waals surface area contributed by atoms with Crippen molar-refractivity contribution in [2.75, 3.05) is 6.54 Å². The van der Waals surface area contributed by atoms with Crippen LogP contribution in [-0.2, 0) is 24.3 Å². The predicted molar refractivity (Wildman–Crippen MR) is 133 cm³/mol. The quantitative estimate of drug-likeness (QED) is 0.201. The molecule has 194 valence electrons. The first-order valence-corrected chi connectivity index (χ1v) is 12.8. The maximum atomic E-state index is 13.2. The van der Waals surface area contributed by atoms with Gasteiger partial charge in [-0.3, -0.25) is 15.0 Å². The monoisotopic (exact) mass is 537 g/mol. The maximum absolute atomic E-state index is 13.2. The van der Waals surface area contributed by atoms with Crippen molar-refractivity contribution >= 4 is 39.2 Å². The summed E-state index contributed by atoms with van der Waals surface area (Å²) in [6.45, 7) is 2.22. The fourth-order valence-corrected chi connectivity index (χ4v) is 5.71. The van der Waals surface area contributed by atoms with Crippen LogP contribution < -0.4 is 22.3 Å². The Labute approximate surface area is 213 Å². The molecule has 0 unspecified atom stereocenters. The Morgan fingerprint density at radius 3 is 2.47 bits per heavy atom. The summed E-state index contributed by atoms with van der Waals surface area (Å²) in [6, 6.07) is 9.46. The molecule has 1 heterocycles. The van der Waals surface area contributed by atoms with Crippen LogP contribution in [0.25, 0.3) is 0 Å². The van der Waals surface area contributed by atoms with E-state index in [0.29, 0.717) is 22.6 Å². The lowest BCUT2D eigenvalue weighted by atomic mass is 9.99. The average molecular weight is 538 g/mol. The molecule has 0 aliphatic carbocycles. The number of aryl methyl sites for hydroxylation is 2. The lowest BCUT2D eigenvalue weighted by Crippen LogP contribution is -2.61. The number of carboxylic acid groups (broad SMARTS) is 1. The molecule has 0 bridgehead atoms. The van der Waals surface area contributed by atoms with Crippen LogP contribution >= 0.6 is 11.6 Å². The van der Waals surface area contributed by atoms with E-state index in [1.807, 2.05) is 0 Å². The number of rotatable bonds is 9. The second-order valence-corrected chi connectivity index (χ2v) is 11.3. The van der Waals surface area contributed by atoms with Crippen molar-refractivity contribution in [2.45, 2.75) is 48.6 Å². The molecular weight excluding hydrogens is 510 g/mol. The van der Waals surface area contributed by atoms with E-state index in [9.17, 15) is 23.1 Å². The summed E-state index contributed by atoms with van der Waals surface area (Å²) in [5.74, 6) is -2.47. The Bertz CT molecular complexity index is 1300. The van der Waals surface area contributed by atoms with Crippen molar-refractivity contribution in [1.29, 1.82) is 5.41 Å². The molecule has 0 radical (unpaired) electrons. The van der Waals surface area contributed by atoms with Gasteiger partial charge < -0.3 is 21.9 Å². The number of hydrogen-bond acceptors (Lipinski definition) is 8.